The van der Waals surface area contributed by atoms with Gasteiger partial charge < -0.3 is 4.74 Å². The molecule has 1 aliphatic carbocycles. The molecule has 17 heavy (non-hydrogen) atoms. The van der Waals surface area contributed by atoms with Crippen molar-refractivity contribution in [1.82, 2.24) is 0 Å². The molecule has 0 N–H and O–H groups in total. The van der Waals surface area contributed by atoms with Gasteiger partial charge in [0.25, 0.3) is 0 Å². The second-order valence-electron chi connectivity index (χ2n) is 5.71. The average Bonchev–Trinajstić information content (AvgIpc) is 3.11. The normalized spacial score (nSPS) is 23.9. The maximum absolute atomic E-state index is 14.1. The molecule has 0 amide bonds. The van der Waals surface area contributed by atoms with Crippen LogP contribution in [0.15, 0.2) is 12.1 Å². The molecule has 2 aliphatic rings. The van der Waals surface area contributed by atoms with Crippen LogP contribution >= 0.6 is 0 Å². The molecule has 1 nitrogen and oxygen atoms in total. The molecule has 0 radical (unpaired) electrons. The molecule has 0 bridgehead atoms. The summed E-state index contributed by atoms with van der Waals surface area (Å²) in [5.41, 5.74) is 3.29. The molecule has 0 spiro atoms. The molecule has 1 atom stereocenters. The summed E-state index contributed by atoms with van der Waals surface area (Å²) >= 11 is 0. The van der Waals surface area contributed by atoms with Gasteiger partial charge in [0.2, 0.25) is 0 Å². The Morgan fingerprint density at radius 2 is 2.00 bits per heavy atom. The lowest BCUT2D eigenvalue weighted by molar-refractivity contribution is 0.0789. The van der Waals surface area contributed by atoms with Crippen molar-refractivity contribution in [2.24, 2.45) is 5.92 Å². The standard InChI is InChI=1S/C15H19FO/c1-9(2)14-8-17-7-11-5-13(10-3-4-10)15(16)6-12(11)14/h5-6,9-10,14H,3-4,7-8H2,1-2H3. The topological polar surface area (TPSA) is 9.23 Å². The highest BCUT2D eigenvalue weighted by Gasteiger charge is 2.30. The van der Waals surface area contributed by atoms with E-state index in [9.17, 15) is 4.39 Å². The minimum atomic E-state index is -0.00111. The number of rotatable bonds is 2. The predicted octanol–water partition coefficient (Wildman–Crippen LogP) is 3.97. The van der Waals surface area contributed by atoms with Gasteiger partial charge in [0, 0.05) is 5.92 Å². The van der Waals surface area contributed by atoms with E-state index < -0.39 is 0 Å². The predicted molar refractivity (Wildman–Crippen MR) is 65.6 cm³/mol. The van der Waals surface area contributed by atoms with Gasteiger partial charge in [0.05, 0.1) is 13.2 Å². The van der Waals surface area contributed by atoms with Gasteiger partial charge in [-0.15, -0.1) is 0 Å². The van der Waals surface area contributed by atoms with Crippen LogP contribution in [0, 0.1) is 11.7 Å². The van der Waals surface area contributed by atoms with Gasteiger partial charge in [-0.05, 0) is 47.4 Å². The Kier molecular flexibility index (Phi) is 2.70. The fraction of sp³-hybridized carbons (Fsp3) is 0.600. The minimum absolute atomic E-state index is 0.00111. The van der Waals surface area contributed by atoms with E-state index in [1.807, 2.05) is 0 Å². The van der Waals surface area contributed by atoms with Crippen molar-refractivity contribution in [3.05, 3.63) is 34.6 Å². The molecule has 1 heterocycles. The first-order valence-corrected chi connectivity index (χ1v) is 6.56. The fourth-order valence-electron chi connectivity index (χ4n) is 2.77. The molecule has 1 aromatic carbocycles. The second kappa shape index (κ2) is 4.09. The number of fused-ring (bicyclic) bond motifs is 1. The lowest BCUT2D eigenvalue weighted by Gasteiger charge is -2.29. The summed E-state index contributed by atoms with van der Waals surface area (Å²) in [4.78, 5) is 0. The van der Waals surface area contributed by atoms with E-state index in [0.717, 1.165) is 25.0 Å². The minimum Gasteiger partial charge on any atom is -0.376 e. The first-order valence-electron chi connectivity index (χ1n) is 6.56. The largest absolute Gasteiger partial charge is 0.376 e. The first-order chi connectivity index (χ1) is 8.16. The zero-order chi connectivity index (χ0) is 12.0. The molecule has 0 aromatic heterocycles. The highest BCUT2D eigenvalue weighted by Crippen LogP contribution is 2.43. The molecule has 3 rings (SSSR count). The summed E-state index contributed by atoms with van der Waals surface area (Å²) in [5.74, 6) is 1.32. The molecule has 1 aliphatic heterocycles. The Morgan fingerprint density at radius 3 is 2.65 bits per heavy atom. The zero-order valence-electron chi connectivity index (χ0n) is 10.5. The summed E-state index contributed by atoms with van der Waals surface area (Å²) in [6.07, 6.45) is 2.29. The van der Waals surface area contributed by atoms with Gasteiger partial charge in [-0.2, -0.15) is 0 Å². The number of ether oxygens (including phenoxy) is 1. The van der Waals surface area contributed by atoms with Crippen LogP contribution in [0.1, 0.15) is 55.2 Å². The van der Waals surface area contributed by atoms with E-state index in [2.05, 4.69) is 19.9 Å². The van der Waals surface area contributed by atoms with Crippen molar-refractivity contribution >= 4 is 0 Å². The molecule has 1 unspecified atom stereocenters. The molecule has 2 heteroatoms. The van der Waals surface area contributed by atoms with E-state index in [4.69, 9.17) is 4.74 Å². The third-order valence-electron chi connectivity index (χ3n) is 4.03. The quantitative estimate of drug-likeness (QED) is 0.752. The lowest BCUT2D eigenvalue weighted by Crippen LogP contribution is -2.21. The Bertz CT molecular complexity index is 435. The summed E-state index contributed by atoms with van der Waals surface area (Å²) in [6, 6.07) is 3.83. The Balaban J connectivity index is 2.03. The average molecular weight is 234 g/mol. The SMILES string of the molecule is CC(C)C1COCc2cc(C3CC3)c(F)cc21. The summed E-state index contributed by atoms with van der Waals surface area (Å²) < 4.78 is 19.7. The van der Waals surface area contributed by atoms with Crippen LogP contribution in [-0.2, 0) is 11.3 Å². The Morgan fingerprint density at radius 1 is 1.24 bits per heavy atom. The van der Waals surface area contributed by atoms with Crippen LogP contribution in [0.3, 0.4) is 0 Å². The maximum atomic E-state index is 14.1. The van der Waals surface area contributed by atoms with Crippen molar-refractivity contribution in [3.8, 4) is 0 Å². The van der Waals surface area contributed by atoms with Crippen LogP contribution in [0.4, 0.5) is 4.39 Å². The monoisotopic (exact) mass is 234 g/mol. The fourth-order valence-corrected chi connectivity index (χ4v) is 2.77. The molecule has 1 saturated carbocycles. The Labute approximate surface area is 102 Å². The van der Waals surface area contributed by atoms with E-state index in [1.165, 1.54) is 11.1 Å². The van der Waals surface area contributed by atoms with Crippen LogP contribution in [-0.4, -0.2) is 6.61 Å². The molecule has 1 aromatic rings. The number of halogens is 1. The van der Waals surface area contributed by atoms with Crippen LogP contribution in [0.2, 0.25) is 0 Å². The van der Waals surface area contributed by atoms with E-state index in [0.29, 0.717) is 24.4 Å². The van der Waals surface area contributed by atoms with Gasteiger partial charge in [-0.25, -0.2) is 4.39 Å². The summed E-state index contributed by atoms with van der Waals surface area (Å²) in [6.45, 7) is 5.73. The molecular weight excluding hydrogens is 215 g/mol. The third kappa shape index (κ3) is 1.99. The number of hydrogen-bond donors (Lipinski definition) is 0. The Hall–Kier alpha value is -0.890. The van der Waals surface area contributed by atoms with Gasteiger partial charge >= 0.3 is 0 Å². The second-order valence-corrected chi connectivity index (χ2v) is 5.71. The van der Waals surface area contributed by atoms with Gasteiger partial charge in [0.15, 0.2) is 0 Å². The summed E-state index contributed by atoms with van der Waals surface area (Å²) in [7, 11) is 0. The van der Waals surface area contributed by atoms with E-state index >= 15 is 0 Å². The maximum Gasteiger partial charge on any atom is 0.126 e. The van der Waals surface area contributed by atoms with Crippen molar-refractivity contribution in [2.45, 2.75) is 45.1 Å². The third-order valence-corrected chi connectivity index (χ3v) is 4.03. The highest BCUT2D eigenvalue weighted by molar-refractivity contribution is 5.39. The molecular formula is C15H19FO. The van der Waals surface area contributed by atoms with Crippen molar-refractivity contribution in [1.29, 1.82) is 0 Å². The van der Waals surface area contributed by atoms with E-state index in [-0.39, 0.29) is 5.82 Å². The van der Waals surface area contributed by atoms with Crippen LogP contribution in [0.25, 0.3) is 0 Å². The van der Waals surface area contributed by atoms with Crippen molar-refractivity contribution in [3.63, 3.8) is 0 Å². The van der Waals surface area contributed by atoms with Crippen LogP contribution in [0.5, 0.6) is 0 Å². The first kappa shape index (κ1) is 11.2. The zero-order valence-corrected chi connectivity index (χ0v) is 10.5. The molecule has 92 valence electrons. The molecule has 0 saturated heterocycles. The van der Waals surface area contributed by atoms with Gasteiger partial charge in [-0.3, -0.25) is 0 Å². The van der Waals surface area contributed by atoms with Gasteiger partial charge in [-0.1, -0.05) is 19.9 Å². The van der Waals surface area contributed by atoms with Crippen molar-refractivity contribution < 1.29 is 9.13 Å². The van der Waals surface area contributed by atoms with Gasteiger partial charge in [0.1, 0.15) is 5.82 Å². The summed E-state index contributed by atoms with van der Waals surface area (Å²) in [5, 5.41) is 0. The van der Waals surface area contributed by atoms with Crippen molar-refractivity contribution in [2.75, 3.05) is 6.61 Å². The lowest BCUT2D eigenvalue weighted by atomic mass is 9.83. The highest BCUT2D eigenvalue weighted by atomic mass is 19.1. The molecule has 1 fully saturated rings. The van der Waals surface area contributed by atoms with E-state index in [1.54, 1.807) is 6.07 Å². The smallest absolute Gasteiger partial charge is 0.126 e. The number of benzene rings is 1. The number of hydrogen-bond acceptors (Lipinski definition) is 1. The van der Waals surface area contributed by atoms with Crippen LogP contribution < -0.4 is 0 Å².